The Morgan fingerprint density at radius 2 is 2.19 bits per heavy atom. The van der Waals surface area contributed by atoms with Gasteiger partial charge in [-0.3, -0.25) is 0 Å². The van der Waals surface area contributed by atoms with Crippen LogP contribution in [0.5, 0.6) is 0 Å². The predicted octanol–water partition coefficient (Wildman–Crippen LogP) is 4.28. The van der Waals surface area contributed by atoms with Crippen molar-refractivity contribution >= 4 is 33.2 Å². The molecule has 2 unspecified atom stereocenters. The Labute approximate surface area is 111 Å². The third-order valence-electron chi connectivity index (χ3n) is 3.39. The lowest BCUT2D eigenvalue weighted by atomic mass is 10.1. The number of hydrogen-bond acceptors (Lipinski definition) is 1. The Bertz CT molecular complexity index is 380. The second-order valence-corrected chi connectivity index (χ2v) is 5.94. The standard InChI is InChI=1S/C13H17BrClN/c1-9-5-11(9)8-16(2)13-6-12(14)4-3-10(13)7-15/h3-4,6,9,11H,5,7-8H2,1-2H3. The molecule has 0 aliphatic heterocycles. The van der Waals surface area contributed by atoms with Gasteiger partial charge >= 0.3 is 0 Å². The average molecular weight is 303 g/mol. The molecule has 0 radical (unpaired) electrons. The Kier molecular flexibility index (Phi) is 3.81. The zero-order valence-corrected chi connectivity index (χ0v) is 12.1. The molecule has 0 N–H and O–H groups in total. The van der Waals surface area contributed by atoms with Gasteiger partial charge in [-0.2, -0.15) is 0 Å². The lowest BCUT2D eigenvalue weighted by molar-refractivity contribution is 0.724. The molecule has 3 heteroatoms. The zero-order chi connectivity index (χ0) is 11.7. The van der Waals surface area contributed by atoms with E-state index in [0.717, 1.165) is 22.9 Å². The van der Waals surface area contributed by atoms with E-state index in [1.807, 2.05) is 0 Å². The molecule has 1 saturated carbocycles. The van der Waals surface area contributed by atoms with Crippen LogP contribution in [0.1, 0.15) is 18.9 Å². The van der Waals surface area contributed by atoms with E-state index in [1.165, 1.54) is 17.7 Å². The van der Waals surface area contributed by atoms with Crippen molar-refractivity contribution in [3.05, 3.63) is 28.2 Å². The van der Waals surface area contributed by atoms with Crippen LogP contribution in [0, 0.1) is 11.8 Å². The van der Waals surface area contributed by atoms with Crippen LogP contribution in [0.4, 0.5) is 5.69 Å². The second-order valence-electron chi connectivity index (χ2n) is 4.76. The Morgan fingerprint density at radius 3 is 2.75 bits per heavy atom. The molecule has 0 bridgehead atoms. The summed E-state index contributed by atoms with van der Waals surface area (Å²) in [5, 5.41) is 0. The average Bonchev–Trinajstić information content (AvgIpc) is 2.94. The largest absolute Gasteiger partial charge is 0.374 e. The van der Waals surface area contributed by atoms with Crippen LogP contribution in [0.2, 0.25) is 0 Å². The van der Waals surface area contributed by atoms with Gasteiger partial charge in [-0.15, -0.1) is 11.6 Å². The minimum atomic E-state index is 0.577. The molecular weight excluding hydrogens is 286 g/mol. The number of hydrogen-bond donors (Lipinski definition) is 0. The molecule has 0 amide bonds. The molecule has 1 aliphatic rings. The highest BCUT2D eigenvalue weighted by Gasteiger charge is 2.33. The summed E-state index contributed by atoms with van der Waals surface area (Å²) in [5.74, 6) is 2.34. The van der Waals surface area contributed by atoms with Gasteiger partial charge in [0.25, 0.3) is 0 Å². The first-order chi connectivity index (χ1) is 7.61. The number of halogens is 2. The molecule has 1 aliphatic carbocycles. The number of rotatable bonds is 4. The molecule has 1 aromatic rings. The van der Waals surface area contributed by atoms with Crippen molar-refractivity contribution in [3.8, 4) is 0 Å². The number of anilines is 1. The molecule has 0 spiro atoms. The van der Waals surface area contributed by atoms with Gasteiger partial charge < -0.3 is 4.90 Å². The quantitative estimate of drug-likeness (QED) is 0.750. The molecule has 0 aromatic heterocycles. The summed E-state index contributed by atoms with van der Waals surface area (Å²) in [5.41, 5.74) is 2.46. The van der Waals surface area contributed by atoms with Gasteiger partial charge in [-0.1, -0.05) is 28.9 Å². The van der Waals surface area contributed by atoms with E-state index in [2.05, 4.69) is 53.0 Å². The molecule has 2 rings (SSSR count). The van der Waals surface area contributed by atoms with Gasteiger partial charge in [-0.05, 0) is 36.0 Å². The fourth-order valence-electron chi connectivity index (χ4n) is 2.11. The lowest BCUT2D eigenvalue weighted by Gasteiger charge is -2.22. The Hall–Kier alpha value is -0.210. The first-order valence-electron chi connectivity index (χ1n) is 5.67. The van der Waals surface area contributed by atoms with E-state index >= 15 is 0 Å². The van der Waals surface area contributed by atoms with Crippen LogP contribution >= 0.6 is 27.5 Å². The van der Waals surface area contributed by atoms with E-state index in [-0.39, 0.29) is 0 Å². The summed E-state index contributed by atoms with van der Waals surface area (Å²) in [6, 6.07) is 6.30. The monoisotopic (exact) mass is 301 g/mol. The van der Waals surface area contributed by atoms with Crippen LogP contribution in [-0.2, 0) is 5.88 Å². The van der Waals surface area contributed by atoms with Crippen LogP contribution in [0.25, 0.3) is 0 Å². The number of benzene rings is 1. The maximum absolute atomic E-state index is 5.97. The molecule has 2 atom stereocenters. The van der Waals surface area contributed by atoms with Crippen LogP contribution in [-0.4, -0.2) is 13.6 Å². The fraction of sp³-hybridized carbons (Fsp3) is 0.538. The van der Waals surface area contributed by atoms with Crippen LogP contribution in [0.15, 0.2) is 22.7 Å². The zero-order valence-electron chi connectivity index (χ0n) is 9.71. The summed E-state index contributed by atoms with van der Waals surface area (Å²) in [4.78, 5) is 2.33. The molecule has 1 nitrogen and oxygen atoms in total. The van der Waals surface area contributed by atoms with Crippen molar-refractivity contribution in [2.45, 2.75) is 19.2 Å². The van der Waals surface area contributed by atoms with Gasteiger partial charge in [0.2, 0.25) is 0 Å². The minimum absolute atomic E-state index is 0.577. The summed E-state index contributed by atoms with van der Waals surface area (Å²) in [7, 11) is 2.16. The fourth-order valence-corrected chi connectivity index (χ4v) is 2.68. The maximum Gasteiger partial charge on any atom is 0.0494 e. The SMILES string of the molecule is CC1CC1CN(C)c1cc(Br)ccc1CCl. The Balaban J connectivity index is 2.13. The van der Waals surface area contributed by atoms with E-state index in [4.69, 9.17) is 11.6 Å². The molecule has 0 heterocycles. The van der Waals surface area contributed by atoms with Gasteiger partial charge in [0.1, 0.15) is 0 Å². The van der Waals surface area contributed by atoms with Crippen molar-refractivity contribution in [1.29, 1.82) is 0 Å². The Morgan fingerprint density at radius 1 is 1.50 bits per heavy atom. The minimum Gasteiger partial charge on any atom is -0.374 e. The van der Waals surface area contributed by atoms with Crippen molar-refractivity contribution in [2.75, 3.05) is 18.5 Å². The van der Waals surface area contributed by atoms with Crippen molar-refractivity contribution in [3.63, 3.8) is 0 Å². The highest BCUT2D eigenvalue weighted by Crippen LogP contribution is 2.39. The molecule has 88 valence electrons. The molecular formula is C13H17BrClN. The second kappa shape index (κ2) is 4.97. The first kappa shape index (κ1) is 12.3. The highest BCUT2D eigenvalue weighted by molar-refractivity contribution is 9.10. The first-order valence-corrected chi connectivity index (χ1v) is 7.00. The van der Waals surface area contributed by atoms with Crippen molar-refractivity contribution in [2.24, 2.45) is 11.8 Å². The molecule has 16 heavy (non-hydrogen) atoms. The van der Waals surface area contributed by atoms with E-state index in [0.29, 0.717) is 5.88 Å². The van der Waals surface area contributed by atoms with Gasteiger partial charge in [0.15, 0.2) is 0 Å². The summed E-state index contributed by atoms with van der Waals surface area (Å²) < 4.78 is 1.12. The molecule has 1 aromatic carbocycles. The van der Waals surface area contributed by atoms with E-state index < -0.39 is 0 Å². The summed E-state index contributed by atoms with van der Waals surface area (Å²) >= 11 is 9.49. The number of alkyl halides is 1. The molecule has 0 saturated heterocycles. The van der Waals surface area contributed by atoms with E-state index in [9.17, 15) is 0 Å². The highest BCUT2D eigenvalue weighted by atomic mass is 79.9. The van der Waals surface area contributed by atoms with Crippen LogP contribution < -0.4 is 4.90 Å². The third kappa shape index (κ3) is 2.72. The number of nitrogens with zero attached hydrogens (tertiary/aromatic N) is 1. The predicted molar refractivity (Wildman–Crippen MR) is 74.2 cm³/mol. The third-order valence-corrected chi connectivity index (χ3v) is 4.17. The van der Waals surface area contributed by atoms with E-state index in [1.54, 1.807) is 0 Å². The van der Waals surface area contributed by atoms with Gasteiger partial charge in [-0.25, -0.2) is 0 Å². The lowest BCUT2D eigenvalue weighted by Crippen LogP contribution is -2.21. The van der Waals surface area contributed by atoms with Crippen LogP contribution in [0.3, 0.4) is 0 Å². The van der Waals surface area contributed by atoms with Gasteiger partial charge in [0.05, 0.1) is 0 Å². The summed E-state index contributed by atoms with van der Waals surface area (Å²) in [6.07, 6.45) is 1.37. The van der Waals surface area contributed by atoms with Crippen molar-refractivity contribution in [1.82, 2.24) is 0 Å². The summed E-state index contributed by atoms with van der Waals surface area (Å²) in [6.45, 7) is 3.46. The van der Waals surface area contributed by atoms with Gasteiger partial charge in [0, 0.05) is 29.6 Å². The normalized spacial score (nSPS) is 23.2. The smallest absolute Gasteiger partial charge is 0.0494 e. The van der Waals surface area contributed by atoms with Crippen molar-refractivity contribution < 1.29 is 0 Å². The molecule has 1 fully saturated rings. The maximum atomic E-state index is 5.97. The topological polar surface area (TPSA) is 3.24 Å².